The quantitative estimate of drug-likeness (QED) is 0.0262. The number of carbonyl (C=O) groups is 3. The molecule has 0 spiro atoms. The fraction of sp³-hybridized carbons (Fsp3) is 0.810. The van der Waals surface area contributed by atoms with Crippen LogP contribution in [0.2, 0.25) is 0 Å². The van der Waals surface area contributed by atoms with Crippen LogP contribution in [0, 0.1) is 0 Å². The van der Waals surface area contributed by atoms with Crippen molar-refractivity contribution in [2.45, 2.75) is 290 Å². The largest absolute Gasteiger partial charge is 0.462 e. The monoisotopic (exact) mass is 897 g/mol. The van der Waals surface area contributed by atoms with Gasteiger partial charge in [-0.25, -0.2) is 0 Å². The van der Waals surface area contributed by atoms with Crippen LogP contribution in [0.15, 0.2) is 48.6 Å². The molecule has 0 aromatic heterocycles. The number of unbranched alkanes of at least 4 members (excludes halogenated alkanes) is 31. The summed E-state index contributed by atoms with van der Waals surface area (Å²) in [7, 11) is 0. The summed E-state index contributed by atoms with van der Waals surface area (Å²) in [5.74, 6) is -0.898. The molecule has 0 saturated carbocycles. The van der Waals surface area contributed by atoms with Gasteiger partial charge in [0.15, 0.2) is 6.10 Å². The molecule has 0 unspecified atom stereocenters. The van der Waals surface area contributed by atoms with Gasteiger partial charge in [-0.15, -0.1) is 0 Å². The molecule has 0 aliphatic rings. The smallest absolute Gasteiger partial charge is 0.306 e. The molecule has 1 atom stereocenters. The fourth-order valence-corrected chi connectivity index (χ4v) is 7.83. The molecule has 0 rings (SSSR count). The number of rotatable bonds is 50. The molecule has 0 aliphatic heterocycles. The molecule has 0 heterocycles. The van der Waals surface area contributed by atoms with Crippen LogP contribution in [-0.2, 0) is 28.6 Å². The summed E-state index contributed by atoms with van der Waals surface area (Å²) in [6, 6.07) is 0. The second-order valence-electron chi connectivity index (χ2n) is 18.5. The molecule has 6 heteroatoms. The van der Waals surface area contributed by atoms with E-state index in [0.717, 1.165) is 103 Å². The zero-order valence-electron chi connectivity index (χ0n) is 42.6. The maximum Gasteiger partial charge on any atom is 0.306 e. The van der Waals surface area contributed by atoms with E-state index in [1.807, 2.05) is 0 Å². The van der Waals surface area contributed by atoms with Crippen molar-refractivity contribution in [1.82, 2.24) is 0 Å². The number of allylic oxidation sites excluding steroid dienone is 8. The number of carbonyl (C=O) groups excluding carboxylic acids is 3. The fourth-order valence-electron chi connectivity index (χ4n) is 7.83. The van der Waals surface area contributed by atoms with Crippen molar-refractivity contribution in [3.63, 3.8) is 0 Å². The highest BCUT2D eigenvalue weighted by Gasteiger charge is 2.19. The Morgan fingerprint density at radius 2 is 0.578 bits per heavy atom. The standard InChI is InChI=1S/C58H104O6/c1-4-7-10-13-16-19-22-25-28-29-30-31-34-36-39-42-45-48-51-57(60)63-54-55(64-58(61)52-49-46-43-40-37-33-27-24-21-18-15-12-9-6-3)53-62-56(59)50-47-44-41-38-35-32-26-23-20-17-14-11-8-5-2/h14-15,17-18,23-24,26-27,55H,4-13,16,19-22,25,28-54H2,1-3H3/b17-14-,18-15-,26-23-,27-24-/t55-/m1/s1. The van der Waals surface area contributed by atoms with Gasteiger partial charge in [0.25, 0.3) is 0 Å². The van der Waals surface area contributed by atoms with E-state index in [4.69, 9.17) is 14.2 Å². The van der Waals surface area contributed by atoms with E-state index >= 15 is 0 Å². The molecular weight excluding hydrogens is 793 g/mol. The topological polar surface area (TPSA) is 78.9 Å². The Kier molecular flexibility index (Phi) is 50.8. The van der Waals surface area contributed by atoms with Gasteiger partial charge in [-0.2, -0.15) is 0 Å². The average Bonchev–Trinajstić information content (AvgIpc) is 3.29. The Labute approximate surface area is 397 Å². The maximum atomic E-state index is 12.8. The molecule has 0 N–H and O–H groups in total. The molecule has 0 radical (unpaired) electrons. The highest BCUT2D eigenvalue weighted by atomic mass is 16.6. The van der Waals surface area contributed by atoms with Crippen molar-refractivity contribution in [2.75, 3.05) is 13.2 Å². The molecule has 372 valence electrons. The molecule has 0 fully saturated rings. The van der Waals surface area contributed by atoms with E-state index in [2.05, 4.69) is 69.4 Å². The first-order chi connectivity index (χ1) is 31.5. The highest BCUT2D eigenvalue weighted by Crippen LogP contribution is 2.16. The summed E-state index contributed by atoms with van der Waals surface area (Å²) in [6.45, 7) is 6.56. The van der Waals surface area contributed by atoms with Crippen LogP contribution in [0.25, 0.3) is 0 Å². The minimum absolute atomic E-state index is 0.0808. The second-order valence-corrected chi connectivity index (χ2v) is 18.5. The Morgan fingerprint density at radius 3 is 0.906 bits per heavy atom. The van der Waals surface area contributed by atoms with E-state index < -0.39 is 6.10 Å². The summed E-state index contributed by atoms with van der Waals surface area (Å²) >= 11 is 0. The predicted octanol–water partition coefficient (Wildman–Crippen LogP) is 18.3. The number of hydrogen-bond donors (Lipinski definition) is 0. The SMILES string of the molecule is CCCC/C=C\C/C=C\CCCCCCCC(=O)OC[C@H](COC(=O)CCCCCCCCCCCCCCCCCCCC)OC(=O)CCCCCCC/C=C\C/C=C\CCCC. The first-order valence-corrected chi connectivity index (χ1v) is 27.6. The molecule has 0 bridgehead atoms. The molecule has 0 aromatic rings. The Balaban J connectivity index is 4.36. The molecule has 64 heavy (non-hydrogen) atoms. The summed E-state index contributed by atoms with van der Waals surface area (Å²) in [4.78, 5) is 38.1. The summed E-state index contributed by atoms with van der Waals surface area (Å²) in [6.07, 6.45) is 63.8. The number of hydrogen-bond acceptors (Lipinski definition) is 6. The van der Waals surface area contributed by atoms with Crippen LogP contribution in [-0.4, -0.2) is 37.2 Å². The lowest BCUT2D eigenvalue weighted by atomic mass is 10.0. The lowest BCUT2D eigenvalue weighted by Gasteiger charge is -2.18. The Bertz CT molecular complexity index is 1120. The lowest BCUT2D eigenvalue weighted by molar-refractivity contribution is -0.167. The van der Waals surface area contributed by atoms with Gasteiger partial charge in [-0.3, -0.25) is 14.4 Å². The third-order valence-corrected chi connectivity index (χ3v) is 12.1. The third-order valence-electron chi connectivity index (χ3n) is 12.1. The average molecular weight is 897 g/mol. The normalized spacial score (nSPS) is 12.4. The van der Waals surface area contributed by atoms with Gasteiger partial charge in [0, 0.05) is 19.3 Å². The Hall–Kier alpha value is -2.63. The predicted molar refractivity (Wildman–Crippen MR) is 275 cm³/mol. The zero-order valence-corrected chi connectivity index (χ0v) is 42.6. The second kappa shape index (κ2) is 53.0. The summed E-state index contributed by atoms with van der Waals surface area (Å²) < 4.78 is 16.8. The molecular formula is C58H104O6. The van der Waals surface area contributed by atoms with Gasteiger partial charge in [0.2, 0.25) is 0 Å². The van der Waals surface area contributed by atoms with Crippen molar-refractivity contribution in [3.05, 3.63) is 48.6 Å². The number of esters is 3. The molecule has 0 saturated heterocycles. The van der Waals surface area contributed by atoms with Crippen molar-refractivity contribution in [1.29, 1.82) is 0 Å². The van der Waals surface area contributed by atoms with Gasteiger partial charge in [-0.1, -0.05) is 243 Å². The first kappa shape index (κ1) is 61.4. The van der Waals surface area contributed by atoms with E-state index in [9.17, 15) is 14.4 Å². The van der Waals surface area contributed by atoms with E-state index in [-0.39, 0.29) is 31.1 Å². The van der Waals surface area contributed by atoms with Crippen LogP contribution in [0.5, 0.6) is 0 Å². The van der Waals surface area contributed by atoms with Crippen LogP contribution < -0.4 is 0 Å². The molecule has 0 amide bonds. The van der Waals surface area contributed by atoms with Gasteiger partial charge < -0.3 is 14.2 Å². The lowest BCUT2D eigenvalue weighted by Crippen LogP contribution is -2.30. The number of ether oxygens (including phenoxy) is 3. The minimum atomic E-state index is -0.783. The first-order valence-electron chi connectivity index (χ1n) is 27.6. The summed E-state index contributed by atoms with van der Waals surface area (Å²) in [5, 5.41) is 0. The summed E-state index contributed by atoms with van der Waals surface area (Å²) in [5.41, 5.74) is 0. The van der Waals surface area contributed by atoms with E-state index in [1.165, 1.54) is 141 Å². The van der Waals surface area contributed by atoms with Crippen LogP contribution >= 0.6 is 0 Å². The van der Waals surface area contributed by atoms with Crippen LogP contribution in [0.3, 0.4) is 0 Å². The van der Waals surface area contributed by atoms with Crippen molar-refractivity contribution in [2.24, 2.45) is 0 Å². The van der Waals surface area contributed by atoms with Crippen molar-refractivity contribution < 1.29 is 28.6 Å². The van der Waals surface area contributed by atoms with E-state index in [0.29, 0.717) is 19.3 Å². The Morgan fingerprint density at radius 1 is 0.312 bits per heavy atom. The van der Waals surface area contributed by atoms with Crippen molar-refractivity contribution >= 4 is 17.9 Å². The van der Waals surface area contributed by atoms with Gasteiger partial charge >= 0.3 is 17.9 Å². The minimum Gasteiger partial charge on any atom is -0.462 e. The highest BCUT2D eigenvalue weighted by molar-refractivity contribution is 5.71. The molecule has 0 aliphatic carbocycles. The van der Waals surface area contributed by atoms with Crippen LogP contribution in [0.4, 0.5) is 0 Å². The van der Waals surface area contributed by atoms with Crippen molar-refractivity contribution in [3.8, 4) is 0 Å². The molecule has 0 aromatic carbocycles. The zero-order chi connectivity index (χ0) is 46.5. The van der Waals surface area contributed by atoms with Crippen LogP contribution in [0.1, 0.15) is 284 Å². The van der Waals surface area contributed by atoms with Gasteiger partial charge in [0.1, 0.15) is 13.2 Å². The third kappa shape index (κ3) is 50.4. The van der Waals surface area contributed by atoms with E-state index in [1.54, 1.807) is 0 Å². The van der Waals surface area contributed by atoms with Gasteiger partial charge in [0.05, 0.1) is 0 Å². The van der Waals surface area contributed by atoms with Gasteiger partial charge in [-0.05, 0) is 70.6 Å². The molecule has 6 nitrogen and oxygen atoms in total. The maximum absolute atomic E-state index is 12.8.